The molecule has 21 heavy (non-hydrogen) atoms. The molecule has 0 saturated heterocycles. The Hall–Kier alpha value is -1.35. The lowest BCUT2D eigenvalue weighted by molar-refractivity contribution is -0.142. The molecule has 0 aliphatic heterocycles. The van der Waals surface area contributed by atoms with Gasteiger partial charge in [0, 0.05) is 6.54 Å². The van der Waals surface area contributed by atoms with E-state index in [1.165, 1.54) is 7.11 Å². The van der Waals surface area contributed by atoms with Crippen LogP contribution in [0.2, 0.25) is 0 Å². The van der Waals surface area contributed by atoms with Gasteiger partial charge in [0.25, 0.3) is 0 Å². The Labute approximate surface area is 128 Å². The maximum atomic E-state index is 12.0. The number of nitrogens with one attached hydrogen (secondary N) is 1. The zero-order valence-corrected chi connectivity index (χ0v) is 13.8. The minimum absolute atomic E-state index is 0.178. The lowest BCUT2D eigenvalue weighted by atomic mass is 9.99. The van der Waals surface area contributed by atoms with Crippen LogP contribution in [0.15, 0.2) is 30.3 Å². The van der Waals surface area contributed by atoms with Crippen molar-refractivity contribution < 1.29 is 9.53 Å². The van der Waals surface area contributed by atoms with Crippen LogP contribution in [0.4, 0.5) is 0 Å². The van der Waals surface area contributed by atoms with E-state index in [1.807, 2.05) is 30.3 Å². The predicted octanol–water partition coefficient (Wildman–Crippen LogP) is 3.22. The smallest absolute Gasteiger partial charge is 0.314 e. The van der Waals surface area contributed by atoms with Gasteiger partial charge in [-0.05, 0) is 28.9 Å². The van der Waals surface area contributed by atoms with Gasteiger partial charge in [0.1, 0.15) is 0 Å². The topological polar surface area (TPSA) is 38.3 Å². The molecule has 1 aromatic rings. The summed E-state index contributed by atoms with van der Waals surface area (Å²) >= 11 is 0. The highest BCUT2D eigenvalue weighted by molar-refractivity contribution is 5.78. The van der Waals surface area contributed by atoms with Crippen molar-refractivity contribution in [3.05, 3.63) is 35.9 Å². The summed E-state index contributed by atoms with van der Waals surface area (Å²) in [4.78, 5) is 12.0. The van der Waals surface area contributed by atoms with Crippen molar-refractivity contribution >= 4 is 5.97 Å². The van der Waals surface area contributed by atoms with Gasteiger partial charge in [0.15, 0.2) is 0 Å². The Morgan fingerprint density at radius 3 is 2.24 bits per heavy atom. The lowest BCUT2D eigenvalue weighted by Gasteiger charge is -2.16. The zero-order chi connectivity index (χ0) is 15.7. The van der Waals surface area contributed by atoms with Crippen molar-refractivity contribution in [3.8, 4) is 0 Å². The zero-order valence-electron chi connectivity index (χ0n) is 13.8. The standard InChI is InChI=1S/C18H27NO2/c1-17(2)15(18(17,3)4)12-19-11-14(16(20)21-5)13-9-7-6-8-10-13/h6-10,14-15,19H,11-12H2,1-5H3. The molecule has 0 spiro atoms. The Bertz CT molecular complexity index is 479. The Kier molecular flexibility index (Phi) is 4.43. The number of rotatable bonds is 6. The van der Waals surface area contributed by atoms with Crippen LogP contribution in [-0.4, -0.2) is 26.2 Å². The molecule has 1 aromatic carbocycles. The van der Waals surface area contributed by atoms with Crippen LogP contribution < -0.4 is 5.32 Å². The number of esters is 1. The van der Waals surface area contributed by atoms with E-state index in [4.69, 9.17) is 4.74 Å². The molecule has 116 valence electrons. The van der Waals surface area contributed by atoms with Crippen molar-refractivity contribution in [1.29, 1.82) is 0 Å². The van der Waals surface area contributed by atoms with E-state index in [-0.39, 0.29) is 11.9 Å². The van der Waals surface area contributed by atoms with Gasteiger partial charge in [-0.1, -0.05) is 58.0 Å². The largest absolute Gasteiger partial charge is 0.469 e. The highest BCUT2D eigenvalue weighted by Crippen LogP contribution is 2.67. The highest BCUT2D eigenvalue weighted by atomic mass is 16.5. The number of carbonyl (C=O) groups is 1. The van der Waals surface area contributed by atoms with Crippen molar-refractivity contribution in [1.82, 2.24) is 5.32 Å². The number of benzene rings is 1. The Balaban J connectivity index is 1.94. The number of hydrogen-bond acceptors (Lipinski definition) is 3. The summed E-state index contributed by atoms with van der Waals surface area (Å²) in [5, 5.41) is 3.47. The monoisotopic (exact) mass is 289 g/mol. The Morgan fingerprint density at radius 2 is 1.76 bits per heavy atom. The van der Waals surface area contributed by atoms with Crippen LogP contribution in [0.25, 0.3) is 0 Å². The molecule has 1 fully saturated rings. The molecule has 1 N–H and O–H groups in total. The second kappa shape index (κ2) is 5.80. The first-order valence-corrected chi connectivity index (χ1v) is 7.66. The molecule has 0 radical (unpaired) electrons. The molecule has 1 aliphatic rings. The summed E-state index contributed by atoms with van der Waals surface area (Å²) < 4.78 is 4.94. The lowest BCUT2D eigenvalue weighted by Crippen LogP contribution is -2.30. The molecule has 3 heteroatoms. The number of methoxy groups -OCH3 is 1. The van der Waals surface area contributed by atoms with E-state index >= 15 is 0 Å². The van der Waals surface area contributed by atoms with E-state index in [2.05, 4.69) is 33.0 Å². The third kappa shape index (κ3) is 2.98. The van der Waals surface area contributed by atoms with Gasteiger partial charge in [0.2, 0.25) is 0 Å². The summed E-state index contributed by atoms with van der Waals surface area (Å²) in [6.45, 7) is 10.8. The summed E-state index contributed by atoms with van der Waals surface area (Å²) in [5.74, 6) is 0.239. The first kappa shape index (κ1) is 16.0. The molecule has 1 unspecified atom stereocenters. The second-order valence-electron chi connectivity index (χ2n) is 7.14. The van der Waals surface area contributed by atoms with Crippen molar-refractivity contribution in [2.75, 3.05) is 20.2 Å². The quantitative estimate of drug-likeness (QED) is 0.817. The SMILES string of the molecule is COC(=O)C(CNCC1C(C)(C)C1(C)C)c1ccccc1. The molecule has 0 aromatic heterocycles. The Morgan fingerprint density at radius 1 is 1.19 bits per heavy atom. The first-order chi connectivity index (χ1) is 9.82. The fraction of sp³-hybridized carbons (Fsp3) is 0.611. The summed E-state index contributed by atoms with van der Waals surface area (Å²) in [6.07, 6.45) is 0. The molecular formula is C18H27NO2. The van der Waals surface area contributed by atoms with Gasteiger partial charge in [-0.25, -0.2) is 0 Å². The van der Waals surface area contributed by atoms with Crippen molar-refractivity contribution in [2.45, 2.75) is 33.6 Å². The molecule has 0 bridgehead atoms. The molecule has 0 heterocycles. The highest BCUT2D eigenvalue weighted by Gasteiger charge is 2.63. The van der Waals surface area contributed by atoms with E-state index < -0.39 is 0 Å². The average molecular weight is 289 g/mol. The van der Waals surface area contributed by atoms with E-state index in [0.717, 1.165) is 12.1 Å². The maximum absolute atomic E-state index is 12.0. The molecule has 3 nitrogen and oxygen atoms in total. The fourth-order valence-corrected chi connectivity index (χ4v) is 3.38. The van der Waals surface area contributed by atoms with Crippen LogP contribution in [0, 0.1) is 16.7 Å². The predicted molar refractivity (Wildman–Crippen MR) is 85.1 cm³/mol. The van der Waals surface area contributed by atoms with Gasteiger partial charge in [-0.15, -0.1) is 0 Å². The maximum Gasteiger partial charge on any atom is 0.314 e. The van der Waals surface area contributed by atoms with Crippen LogP contribution in [0.5, 0.6) is 0 Å². The third-order valence-corrected chi connectivity index (χ3v) is 5.70. The number of hydrogen-bond donors (Lipinski definition) is 1. The van der Waals surface area contributed by atoms with Gasteiger partial charge in [-0.2, -0.15) is 0 Å². The fourth-order valence-electron chi connectivity index (χ4n) is 3.38. The van der Waals surface area contributed by atoms with Gasteiger partial charge in [0.05, 0.1) is 13.0 Å². The number of carbonyl (C=O) groups excluding carboxylic acids is 1. The van der Waals surface area contributed by atoms with Crippen molar-refractivity contribution in [3.63, 3.8) is 0 Å². The van der Waals surface area contributed by atoms with Gasteiger partial charge < -0.3 is 10.1 Å². The van der Waals surface area contributed by atoms with E-state index in [1.54, 1.807) is 0 Å². The molecule has 1 saturated carbocycles. The summed E-state index contributed by atoms with van der Waals surface area (Å²) in [6, 6.07) is 9.83. The minimum atomic E-state index is -0.235. The van der Waals surface area contributed by atoms with Crippen LogP contribution >= 0.6 is 0 Å². The van der Waals surface area contributed by atoms with Crippen molar-refractivity contribution in [2.24, 2.45) is 16.7 Å². The van der Waals surface area contributed by atoms with Gasteiger partial charge in [-0.3, -0.25) is 4.79 Å². The molecule has 1 atom stereocenters. The van der Waals surface area contributed by atoms with Crippen LogP contribution in [0.3, 0.4) is 0 Å². The molecule has 0 amide bonds. The second-order valence-corrected chi connectivity index (χ2v) is 7.14. The van der Waals surface area contributed by atoms with E-state index in [9.17, 15) is 4.79 Å². The normalized spacial score (nSPS) is 20.8. The van der Waals surface area contributed by atoms with E-state index in [0.29, 0.717) is 23.3 Å². The van der Waals surface area contributed by atoms with Gasteiger partial charge >= 0.3 is 5.97 Å². The number of ether oxygens (including phenoxy) is 1. The first-order valence-electron chi connectivity index (χ1n) is 7.66. The minimum Gasteiger partial charge on any atom is -0.469 e. The molecule has 2 rings (SSSR count). The summed E-state index contributed by atoms with van der Waals surface area (Å²) in [5.41, 5.74) is 1.74. The average Bonchev–Trinajstić information content (AvgIpc) is 2.85. The third-order valence-electron chi connectivity index (χ3n) is 5.70. The van der Waals surface area contributed by atoms with Crippen LogP contribution in [-0.2, 0) is 9.53 Å². The van der Waals surface area contributed by atoms with Crippen LogP contribution in [0.1, 0.15) is 39.2 Å². The molecular weight excluding hydrogens is 262 g/mol. The summed E-state index contributed by atoms with van der Waals surface area (Å²) in [7, 11) is 1.45. The molecule has 1 aliphatic carbocycles.